The first-order chi connectivity index (χ1) is 22.7. The number of carbonyl (C=O) groups excluding carboxylic acids is 1. The summed E-state index contributed by atoms with van der Waals surface area (Å²) in [7, 11) is -4.53. The molecule has 0 aliphatic carbocycles. The average Bonchev–Trinajstić information content (AvgIpc) is 3.57. The number of carbonyl (C=O) groups is 1. The number of anilines is 1. The molecule has 15 heteroatoms. The van der Waals surface area contributed by atoms with E-state index in [0.29, 0.717) is 17.5 Å². The van der Waals surface area contributed by atoms with Crippen LogP contribution in [-0.4, -0.2) is 90.9 Å². The molecule has 3 N–H and O–H groups in total. The van der Waals surface area contributed by atoms with Crippen molar-refractivity contribution in [2.45, 2.75) is 114 Å². The van der Waals surface area contributed by atoms with Crippen molar-refractivity contribution >= 4 is 40.1 Å². The summed E-state index contributed by atoms with van der Waals surface area (Å²) in [5.41, 5.74) is -0.247. The quantitative estimate of drug-likeness (QED) is 0.219. The van der Waals surface area contributed by atoms with E-state index in [4.69, 9.17) is 22.4 Å². The van der Waals surface area contributed by atoms with Gasteiger partial charge in [0, 0.05) is 12.2 Å². The van der Waals surface area contributed by atoms with Crippen molar-refractivity contribution < 1.29 is 37.4 Å². The number of nitrogens with one attached hydrogen (secondary N) is 1. The molecule has 48 heavy (non-hydrogen) atoms. The Morgan fingerprint density at radius 1 is 1.04 bits per heavy atom. The van der Waals surface area contributed by atoms with E-state index in [2.05, 4.69) is 75.7 Å². The Morgan fingerprint density at radius 2 is 1.69 bits per heavy atom. The topological polar surface area (TPSA) is 159 Å². The number of hydrogen-bond donors (Lipinski definition) is 3. The van der Waals surface area contributed by atoms with Crippen molar-refractivity contribution in [3.05, 3.63) is 42.2 Å². The predicted octanol–water partition coefficient (Wildman–Crippen LogP) is 5.44. The second-order valence-corrected chi connectivity index (χ2v) is 22.9. The van der Waals surface area contributed by atoms with Gasteiger partial charge in [0.15, 0.2) is 17.4 Å². The molecule has 1 amide bonds. The third kappa shape index (κ3) is 6.35. The lowest BCUT2D eigenvalue weighted by Crippen LogP contribution is -2.67. The lowest BCUT2D eigenvalue weighted by molar-refractivity contribution is -0.113. The van der Waals surface area contributed by atoms with Gasteiger partial charge in [-0.3, -0.25) is 14.7 Å². The fraction of sp³-hybridized carbons (Fsp3) is 0.636. The molecular formula is C33H51N5O8Si2. The van der Waals surface area contributed by atoms with Crippen LogP contribution in [-0.2, 0) is 17.7 Å². The second-order valence-electron chi connectivity index (χ2n) is 14.1. The maximum Gasteiger partial charge on any atom is 0.335 e. The van der Waals surface area contributed by atoms with Crippen LogP contribution < -0.4 is 10.1 Å². The first-order valence-electron chi connectivity index (χ1n) is 16.9. The van der Waals surface area contributed by atoms with Crippen LogP contribution in [0.2, 0.25) is 22.2 Å². The predicted molar refractivity (Wildman–Crippen MR) is 185 cm³/mol. The fourth-order valence-corrected chi connectivity index (χ4v) is 18.5. The van der Waals surface area contributed by atoms with E-state index in [0.717, 1.165) is 0 Å². The summed E-state index contributed by atoms with van der Waals surface area (Å²) in [6, 6.07) is 8.74. The number of methoxy groups -OCH3 is 1. The lowest BCUT2D eigenvalue weighted by atomic mass is 9.89. The average molecular weight is 702 g/mol. The molecule has 3 aromatic rings. The van der Waals surface area contributed by atoms with Gasteiger partial charge in [0.2, 0.25) is 11.8 Å². The molecule has 2 fully saturated rings. The minimum atomic E-state index is -3.12. The number of nitrogens with zero attached hydrogens (tertiary/aromatic N) is 4. The minimum Gasteiger partial charge on any atom is -0.479 e. The number of aliphatic hydroxyl groups is 2. The van der Waals surface area contributed by atoms with Crippen molar-refractivity contribution in [1.82, 2.24) is 19.5 Å². The Labute approximate surface area is 284 Å². The highest BCUT2D eigenvalue weighted by atomic mass is 28.5. The van der Waals surface area contributed by atoms with Gasteiger partial charge in [-0.2, -0.15) is 9.97 Å². The Bertz CT molecular complexity index is 1560. The van der Waals surface area contributed by atoms with Gasteiger partial charge in [-0.05, 0) is 47.1 Å². The van der Waals surface area contributed by atoms with Gasteiger partial charge in [-0.25, -0.2) is 4.98 Å². The first kappa shape index (κ1) is 36.5. The van der Waals surface area contributed by atoms with Crippen LogP contribution >= 0.6 is 0 Å². The van der Waals surface area contributed by atoms with Crippen molar-refractivity contribution in [2.24, 2.45) is 0 Å². The van der Waals surface area contributed by atoms with Crippen molar-refractivity contribution in [3.63, 3.8) is 0 Å². The zero-order valence-corrected chi connectivity index (χ0v) is 31.5. The van der Waals surface area contributed by atoms with Gasteiger partial charge >= 0.3 is 17.1 Å². The van der Waals surface area contributed by atoms with E-state index in [1.807, 2.05) is 6.07 Å². The van der Waals surface area contributed by atoms with Crippen LogP contribution in [0.1, 0.15) is 84.8 Å². The molecule has 2 unspecified atom stereocenters. The zero-order valence-electron chi connectivity index (χ0n) is 29.5. The number of imidazole rings is 1. The fourth-order valence-electron chi connectivity index (χ4n) is 7.20. The number of aliphatic hydroxyl groups excluding tert-OH is 1. The molecular weight excluding hydrogens is 651 g/mol. The summed E-state index contributed by atoms with van der Waals surface area (Å²) >= 11 is 0. The van der Waals surface area contributed by atoms with E-state index >= 15 is 0 Å². The third-order valence-corrected chi connectivity index (χ3v) is 19.9. The Balaban J connectivity index is 1.63. The number of ether oxygens (including phenoxy) is 2. The Kier molecular flexibility index (Phi) is 10.8. The number of rotatable bonds is 11. The minimum absolute atomic E-state index is 0.00142. The highest BCUT2D eigenvalue weighted by Crippen LogP contribution is 2.52. The number of hydrogen-bond acceptors (Lipinski definition) is 11. The van der Waals surface area contributed by atoms with Gasteiger partial charge in [0.1, 0.15) is 17.8 Å². The molecule has 0 saturated carbocycles. The van der Waals surface area contributed by atoms with Gasteiger partial charge in [0.05, 0.1) is 20.0 Å². The molecule has 13 nitrogen and oxygen atoms in total. The lowest BCUT2D eigenvalue weighted by Gasteiger charge is -2.52. The smallest absolute Gasteiger partial charge is 0.335 e. The first-order valence-corrected chi connectivity index (χ1v) is 20.8. The molecule has 0 spiro atoms. The maximum absolute atomic E-state index is 13.0. The van der Waals surface area contributed by atoms with E-state index in [1.165, 1.54) is 13.4 Å². The molecule has 2 aliphatic heterocycles. The van der Waals surface area contributed by atoms with E-state index in [1.54, 1.807) is 28.8 Å². The Hall–Kier alpha value is -2.77. The third-order valence-electron chi connectivity index (χ3n) is 9.72. The molecule has 2 saturated heterocycles. The molecule has 4 atom stereocenters. The zero-order chi connectivity index (χ0) is 35.0. The van der Waals surface area contributed by atoms with Crippen LogP contribution in [0.5, 0.6) is 5.88 Å². The van der Waals surface area contributed by atoms with Gasteiger partial charge in [-0.15, -0.1) is 0 Å². The molecule has 264 valence electrons. The summed E-state index contributed by atoms with van der Waals surface area (Å²) in [6.07, 6.45) is -0.560. The highest BCUT2D eigenvalue weighted by Gasteiger charge is 2.65. The Morgan fingerprint density at radius 3 is 2.27 bits per heavy atom. The van der Waals surface area contributed by atoms with Crippen molar-refractivity contribution in [1.29, 1.82) is 0 Å². The van der Waals surface area contributed by atoms with Crippen LogP contribution in [0.25, 0.3) is 11.2 Å². The van der Waals surface area contributed by atoms with Crippen molar-refractivity contribution in [3.8, 4) is 5.88 Å². The number of fused-ring (bicyclic) bond motifs is 2. The van der Waals surface area contributed by atoms with Gasteiger partial charge in [-0.1, -0.05) is 73.6 Å². The molecule has 5 rings (SSSR count). The molecule has 2 aliphatic rings. The van der Waals surface area contributed by atoms with E-state index < -0.39 is 47.1 Å². The molecule has 0 bridgehead atoms. The summed E-state index contributed by atoms with van der Waals surface area (Å²) in [6.45, 7) is 17.1. The normalized spacial score (nSPS) is 25.4. The SMILES string of the molecule is COc1nc(NC(=O)c2ccccc2)nc2c1ncn2C1OC2CO[Si](C(C)C)(C(C)C)O[Si](C(C)C)(C(C)C)O[C@H]2[C@]1(O)CCCO. The second kappa shape index (κ2) is 14.2. The van der Waals surface area contributed by atoms with E-state index in [9.17, 15) is 15.0 Å². The largest absolute Gasteiger partial charge is 0.479 e. The number of benzene rings is 1. The standard InChI is InChI=1S/C33H51N5O8Si2/c1-20(2)47(21(3)4)43-18-25-27(45-48(46-47,22(5)6)23(7)8)33(41,16-13-17-39)31(44-25)38-19-34-26-28(38)35-32(37-30(26)42-9)36-29(40)24-14-11-10-12-15-24/h10-12,14-15,19-23,25,27,31,39,41H,13,16-18H2,1-9H3,(H,35,36,37,40)/t25?,27-,31?,33-/m1/s1. The molecule has 0 radical (unpaired) electrons. The summed E-state index contributed by atoms with van der Waals surface area (Å²) in [5, 5.41) is 25.5. The highest BCUT2D eigenvalue weighted by molar-refractivity contribution is 6.84. The van der Waals surface area contributed by atoms with Crippen LogP contribution in [0.15, 0.2) is 36.7 Å². The van der Waals surface area contributed by atoms with Gasteiger partial charge < -0.3 is 32.7 Å². The van der Waals surface area contributed by atoms with E-state index in [-0.39, 0.29) is 59.3 Å². The van der Waals surface area contributed by atoms with Crippen LogP contribution in [0, 0.1) is 0 Å². The summed E-state index contributed by atoms with van der Waals surface area (Å²) < 4.78 is 35.5. The number of aromatic nitrogens is 4. The molecule has 2 aromatic heterocycles. The monoisotopic (exact) mass is 701 g/mol. The van der Waals surface area contributed by atoms with Gasteiger partial charge in [0.25, 0.3) is 5.91 Å². The van der Waals surface area contributed by atoms with Crippen LogP contribution in [0.4, 0.5) is 5.95 Å². The van der Waals surface area contributed by atoms with Crippen LogP contribution in [0.3, 0.4) is 0 Å². The summed E-state index contributed by atoms with van der Waals surface area (Å²) in [4.78, 5) is 26.6. The summed E-state index contributed by atoms with van der Waals surface area (Å²) in [5.74, 6) is -0.245. The molecule has 4 heterocycles. The molecule has 1 aromatic carbocycles. The van der Waals surface area contributed by atoms with Crippen molar-refractivity contribution in [2.75, 3.05) is 25.6 Å². The maximum atomic E-state index is 13.0. The number of amides is 1.